The van der Waals surface area contributed by atoms with Crippen LogP contribution >= 0.6 is 0 Å². The van der Waals surface area contributed by atoms with Crippen LogP contribution in [0.25, 0.3) is 0 Å². The summed E-state index contributed by atoms with van der Waals surface area (Å²) in [6, 6.07) is 1.33. The molecule has 0 aromatic carbocycles. The van der Waals surface area contributed by atoms with E-state index >= 15 is 0 Å². The highest BCUT2D eigenvalue weighted by Gasteiger charge is 2.14. The third kappa shape index (κ3) is 2.56. The number of nitrogens with one attached hydrogen (secondary N) is 1. The van der Waals surface area contributed by atoms with Crippen LogP contribution in [-0.2, 0) is 0 Å². The van der Waals surface area contributed by atoms with Crippen LogP contribution in [0.3, 0.4) is 0 Å². The molecule has 1 atom stereocenters. The fourth-order valence-electron chi connectivity index (χ4n) is 1.01. The minimum absolute atomic E-state index is 0.0704. The van der Waals surface area contributed by atoms with Crippen molar-refractivity contribution >= 4 is 5.91 Å². The van der Waals surface area contributed by atoms with Crippen molar-refractivity contribution in [3.63, 3.8) is 0 Å². The highest BCUT2D eigenvalue weighted by Crippen LogP contribution is 2.02. The summed E-state index contributed by atoms with van der Waals surface area (Å²) in [5.74, 6) is 0.273. The Morgan fingerprint density at radius 3 is 2.93 bits per heavy atom. The minimum Gasteiger partial charge on any atom is -0.394 e. The molecule has 1 aromatic heterocycles. The number of hydrogen-bond acceptors (Lipinski definition) is 4. The van der Waals surface area contributed by atoms with Crippen molar-refractivity contribution in [3.05, 3.63) is 17.5 Å². The van der Waals surface area contributed by atoms with Crippen molar-refractivity contribution in [2.75, 3.05) is 6.61 Å². The first-order valence-corrected chi connectivity index (χ1v) is 4.52. The first kappa shape index (κ1) is 10.7. The highest BCUT2D eigenvalue weighted by atomic mass is 16.5. The number of aromatic nitrogens is 1. The summed E-state index contributed by atoms with van der Waals surface area (Å²) < 4.78 is 4.76. The van der Waals surface area contributed by atoms with Gasteiger partial charge in [0.25, 0.3) is 5.91 Å². The molecule has 0 saturated carbocycles. The smallest absolute Gasteiger partial charge is 0.273 e. The molecule has 1 aromatic rings. The van der Waals surface area contributed by atoms with Crippen molar-refractivity contribution in [1.82, 2.24) is 10.5 Å². The lowest BCUT2D eigenvalue weighted by atomic mass is 10.2. The van der Waals surface area contributed by atoms with Gasteiger partial charge in [0, 0.05) is 6.07 Å². The van der Waals surface area contributed by atoms with E-state index in [2.05, 4.69) is 10.5 Å². The average Bonchev–Trinajstić information content (AvgIpc) is 2.61. The predicted octanol–water partition coefficient (Wildman–Crippen LogP) is 0.484. The van der Waals surface area contributed by atoms with E-state index in [1.165, 1.54) is 0 Å². The topological polar surface area (TPSA) is 75.4 Å². The Hall–Kier alpha value is -1.36. The van der Waals surface area contributed by atoms with Crippen LogP contribution in [0.15, 0.2) is 10.6 Å². The second-order valence-corrected chi connectivity index (χ2v) is 3.08. The standard InChI is InChI=1S/C9H14N2O3/c1-3-7(5-12)10-9(13)8-4-6(2)14-11-8/h4,7,12H,3,5H2,1-2H3,(H,10,13)/t7-/m0/s1. The molecule has 1 heterocycles. The molecule has 5 heteroatoms. The number of aliphatic hydroxyl groups excluding tert-OH is 1. The predicted molar refractivity (Wildman–Crippen MR) is 49.9 cm³/mol. The summed E-state index contributed by atoms with van der Waals surface area (Å²) in [4.78, 5) is 11.4. The summed E-state index contributed by atoms with van der Waals surface area (Å²) in [7, 11) is 0. The van der Waals surface area contributed by atoms with E-state index in [9.17, 15) is 4.79 Å². The number of hydrogen-bond donors (Lipinski definition) is 2. The van der Waals surface area contributed by atoms with Crippen LogP contribution in [0.2, 0.25) is 0 Å². The molecule has 5 nitrogen and oxygen atoms in total. The molecule has 14 heavy (non-hydrogen) atoms. The molecule has 1 amide bonds. The molecule has 1 rings (SSSR count). The second-order valence-electron chi connectivity index (χ2n) is 3.08. The Morgan fingerprint density at radius 1 is 1.79 bits per heavy atom. The zero-order valence-corrected chi connectivity index (χ0v) is 8.28. The molecule has 0 aliphatic heterocycles. The molecule has 0 bridgehead atoms. The van der Waals surface area contributed by atoms with Crippen LogP contribution < -0.4 is 5.32 Å². The number of rotatable bonds is 4. The first-order chi connectivity index (χ1) is 6.67. The molecule has 2 N–H and O–H groups in total. The van der Waals surface area contributed by atoms with Gasteiger partial charge >= 0.3 is 0 Å². The molecule has 78 valence electrons. The van der Waals surface area contributed by atoms with Gasteiger partial charge in [-0.2, -0.15) is 0 Å². The van der Waals surface area contributed by atoms with Crippen molar-refractivity contribution < 1.29 is 14.4 Å². The van der Waals surface area contributed by atoms with Crippen LogP contribution in [-0.4, -0.2) is 28.8 Å². The van der Waals surface area contributed by atoms with Gasteiger partial charge in [0.05, 0.1) is 12.6 Å². The molecule has 0 radical (unpaired) electrons. The minimum atomic E-state index is -0.317. The number of aryl methyl sites for hydroxylation is 1. The van der Waals surface area contributed by atoms with Gasteiger partial charge in [-0.1, -0.05) is 12.1 Å². The average molecular weight is 198 g/mol. The van der Waals surface area contributed by atoms with E-state index in [0.717, 1.165) is 0 Å². The van der Waals surface area contributed by atoms with E-state index in [-0.39, 0.29) is 24.2 Å². The normalized spacial score (nSPS) is 12.5. The molecule has 0 spiro atoms. The molecule has 0 aliphatic carbocycles. The van der Waals surface area contributed by atoms with Gasteiger partial charge in [-0.15, -0.1) is 0 Å². The van der Waals surface area contributed by atoms with E-state index in [1.807, 2.05) is 6.92 Å². The largest absolute Gasteiger partial charge is 0.394 e. The van der Waals surface area contributed by atoms with Crippen molar-refractivity contribution in [2.24, 2.45) is 0 Å². The van der Waals surface area contributed by atoms with Gasteiger partial charge in [-0.25, -0.2) is 0 Å². The summed E-state index contributed by atoms with van der Waals surface area (Å²) >= 11 is 0. The zero-order valence-electron chi connectivity index (χ0n) is 8.28. The zero-order chi connectivity index (χ0) is 10.6. The van der Waals surface area contributed by atoms with Gasteiger partial charge in [-0.05, 0) is 13.3 Å². The SMILES string of the molecule is CC[C@@H](CO)NC(=O)c1cc(C)on1. The third-order valence-corrected chi connectivity index (χ3v) is 1.91. The molecule has 0 aliphatic rings. The van der Waals surface area contributed by atoms with E-state index < -0.39 is 0 Å². The molecular formula is C9H14N2O3. The number of carbonyl (C=O) groups excluding carboxylic acids is 1. The maximum Gasteiger partial charge on any atom is 0.273 e. The van der Waals surface area contributed by atoms with E-state index in [0.29, 0.717) is 12.2 Å². The lowest BCUT2D eigenvalue weighted by molar-refractivity contribution is 0.0905. The molecule has 0 fully saturated rings. The Kier molecular flexibility index (Phi) is 3.64. The monoisotopic (exact) mass is 198 g/mol. The fraction of sp³-hybridized carbons (Fsp3) is 0.556. The maximum absolute atomic E-state index is 11.4. The van der Waals surface area contributed by atoms with E-state index in [4.69, 9.17) is 9.63 Å². The van der Waals surface area contributed by atoms with Gasteiger partial charge in [0.15, 0.2) is 5.69 Å². The molecule has 0 unspecified atom stereocenters. The Balaban J connectivity index is 2.58. The highest BCUT2D eigenvalue weighted by molar-refractivity contribution is 5.92. The van der Waals surface area contributed by atoms with Crippen molar-refractivity contribution in [2.45, 2.75) is 26.3 Å². The lowest BCUT2D eigenvalue weighted by Crippen LogP contribution is -2.37. The third-order valence-electron chi connectivity index (χ3n) is 1.91. The van der Waals surface area contributed by atoms with Crippen LogP contribution in [0.1, 0.15) is 29.6 Å². The van der Waals surface area contributed by atoms with Gasteiger partial charge in [0.1, 0.15) is 5.76 Å². The fourth-order valence-corrected chi connectivity index (χ4v) is 1.01. The quantitative estimate of drug-likeness (QED) is 0.738. The maximum atomic E-state index is 11.4. The molecular weight excluding hydrogens is 184 g/mol. The first-order valence-electron chi connectivity index (χ1n) is 4.52. The Labute approximate surface area is 82.1 Å². The Morgan fingerprint density at radius 2 is 2.50 bits per heavy atom. The van der Waals surface area contributed by atoms with Crippen molar-refractivity contribution in [1.29, 1.82) is 0 Å². The van der Waals surface area contributed by atoms with Gasteiger partial charge in [0.2, 0.25) is 0 Å². The lowest BCUT2D eigenvalue weighted by Gasteiger charge is -2.11. The van der Waals surface area contributed by atoms with Crippen molar-refractivity contribution in [3.8, 4) is 0 Å². The van der Waals surface area contributed by atoms with Gasteiger partial charge < -0.3 is 14.9 Å². The summed E-state index contributed by atoms with van der Waals surface area (Å²) in [6.45, 7) is 3.53. The Bertz CT molecular complexity index is 305. The van der Waals surface area contributed by atoms with Crippen LogP contribution in [0.4, 0.5) is 0 Å². The van der Waals surface area contributed by atoms with Gasteiger partial charge in [-0.3, -0.25) is 4.79 Å². The summed E-state index contributed by atoms with van der Waals surface area (Å²) in [5, 5.41) is 15.1. The number of carbonyl (C=O) groups is 1. The van der Waals surface area contributed by atoms with Crippen LogP contribution in [0.5, 0.6) is 0 Å². The van der Waals surface area contributed by atoms with E-state index in [1.54, 1.807) is 13.0 Å². The number of amides is 1. The van der Waals surface area contributed by atoms with Crippen LogP contribution in [0, 0.1) is 6.92 Å². The second kappa shape index (κ2) is 4.76. The summed E-state index contributed by atoms with van der Waals surface area (Å²) in [6.07, 6.45) is 0.680. The summed E-state index contributed by atoms with van der Waals surface area (Å²) in [5.41, 5.74) is 0.245. The number of nitrogens with zero attached hydrogens (tertiary/aromatic N) is 1. The molecule has 0 saturated heterocycles. The number of aliphatic hydroxyl groups is 1.